The van der Waals surface area contributed by atoms with Gasteiger partial charge in [0.2, 0.25) is 5.88 Å². The molecule has 0 bridgehead atoms. The number of anilines is 1. The molecule has 17 heavy (non-hydrogen) atoms. The van der Waals surface area contributed by atoms with Crippen molar-refractivity contribution in [2.45, 2.75) is 12.3 Å². The van der Waals surface area contributed by atoms with Gasteiger partial charge in [-0.05, 0) is 0 Å². The number of aromatic nitrogens is 1. The molecule has 96 valence electrons. The van der Waals surface area contributed by atoms with Crippen LogP contribution >= 0.6 is 0 Å². The molecule has 4 nitrogen and oxygen atoms in total. The molecule has 1 unspecified atom stereocenters. The summed E-state index contributed by atoms with van der Waals surface area (Å²) >= 11 is 0. The summed E-state index contributed by atoms with van der Waals surface area (Å²) in [7, 11) is 1.97. The van der Waals surface area contributed by atoms with E-state index in [0.29, 0.717) is 6.07 Å². The van der Waals surface area contributed by atoms with E-state index < -0.39 is 23.8 Å². The van der Waals surface area contributed by atoms with Crippen LogP contribution in [0.4, 0.5) is 23.2 Å². The van der Waals surface area contributed by atoms with Crippen LogP contribution in [0.2, 0.25) is 0 Å². The van der Waals surface area contributed by atoms with Crippen LogP contribution in [0.1, 0.15) is 11.8 Å². The first-order valence-electron chi connectivity index (χ1n) is 4.40. The molecule has 0 saturated heterocycles. The van der Waals surface area contributed by atoms with E-state index in [2.05, 4.69) is 14.5 Å². The topological polar surface area (TPSA) is 57.4 Å². The Balaban J connectivity index is 3.29. The van der Waals surface area contributed by atoms with Crippen molar-refractivity contribution in [1.29, 1.82) is 0 Å². The smallest absolute Gasteiger partial charge is 0.420 e. The summed E-state index contributed by atoms with van der Waals surface area (Å²) in [6.45, 7) is 0. The Morgan fingerprint density at radius 1 is 1.35 bits per heavy atom. The maximum Gasteiger partial charge on any atom is 0.420 e. The molecule has 1 rings (SSSR count). The second-order valence-electron chi connectivity index (χ2n) is 3.11. The van der Waals surface area contributed by atoms with E-state index in [0.717, 1.165) is 14.2 Å². The van der Waals surface area contributed by atoms with Crippen molar-refractivity contribution in [1.82, 2.24) is 4.98 Å². The molecule has 1 aromatic rings. The molecule has 0 aliphatic carbocycles. The number of alkyl halides is 3. The summed E-state index contributed by atoms with van der Waals surface area (Å²) in [5.74, 6) is -1.49. The summed E-state index contributed by atoms with van der Waals surface area (Å²) in [4.78, 5) is 3.36. The van der Waals surface area contributed by atoms with E-state index >= 15 is 0 Å². The molecule has 0 amide bonds. The molecule has 1 heterocycles. The van der Waals surface area contributed by atoms with Crippen LogP contribution in [-0.4, -0.2) is 25.4 Å². The van der Waals surface area contributed by atoms with Gasteiger partial charge in [-0.25, -0.2) is 9.37 Å². The third kappa shape index (κ3) is 2.76. The Hall–Kier alpha value is -1.57. The van der Waals surface area contributed by atoms with E-state index in [1.807, 2.05) is 0 Å². The molecule has 0 fully saturated rings. The van der Waals surface area contributed by atoms with E-state index in [-0.39, 0.29) is 11.6 Å². The normalized spacial score (nSPS) is 13.5. The molecule has 1 aromatic heterocycles. The number of ether oxygens (including phenoxy) is 2. The zero-order chi connectivity index (χ0) is 13.2. The van der Waals surface area contributed by atoms with Gasteiger partial charge < -0.3 is 15.2 Å². The number of nitrogens with two attached hydrogens (primary N) is 1. The zero-order valence-electron chi connectivity index (χ0n) is 9.01. The van der Waals surface area contributed by atoms with Crippen LogP contribution in [0.5, 0.6) is 5.88 Å². The lowest BCUT2D eigenvalue weighted by Crippen LogP contribution is -2.25. The molecule has 0 spiro atoms. The Kier molecular flexibility index (Phi) is 3.76. The predicted molar refractivity (Wildman–Crippen MR) is 51.0 cm³/mol. The van der Waals surface area contributed by atoms with Crippen molar-refractivity contribution in [3.05, 3.63) is 17.6 Å². The zero-order valence-corrected chi connectivity index (χ0v) is 9.01. The third-order valence-electron chi connectivity index (χ3n) is 1.97. The van der Waals surface area contributed by atoms with Crippen molar-refractivity contribution in [2.75, 3.05) is 20.0 Å². The fourth-order valence-corrected chi connectivity index (χ4v) is 1.25. The highest BCUT2D eigenvalue weighted by Gasteiger charge is 2.44. The van der Waals surface area contributed by atoms with Crippen molar-refractivity contribution >= 4 is 5.69 Å². The molecule has 1 atom stereocenters. The minimum absolute atomic E-state index is 0.189. The Labute approximate surface area is 94.3 Å². The van der Waals surface area contributed by atoms with Gasteiger partial charge >= 0.3 is 6.18 Å². The van der Waals surface area contributed by atoms with Gasteiger partial charge in [0.1, 0.15) is 11.5 Å². The van der Waals surface area contributed by atoms with Crippen LogP contribution in [0.15, 0.2) is 6.07 Å². The number of pyridine rings is 1. The standard InChI is InChI=1S/C9H10F4N2O2/c1-16-7(9(11,12)13)6-4(10)3-5(14)8(15-6)17-2/h3,7H,14H2,1-2H3. The fraction of sp³-hybridized carbons (Fsp3) is 0.444. The summed E-state index contributed by atoms with van der Waals surface area (Å²) in [6, 6.07) is 0.707. The SMILES string of the molecule is COc1nc(C(OC)C(F)(F)F)c(F)cc1N. The summed E-state index contributed by atoms with van der Waals surface area (Å²) in [5.41, 5.74) is 4.20. The van der Waals surface area contributed by atoms with Gasteiger partial charge in [-0.1, -0.05) is 0 Å². The molecule has 0 radical (unpaired) electrons. The number of nitrogens with zero attached hydrogens (tertiary/aromatic N) is 1. The molecule has 0 aliphatic heterocycles. The lowest BCUT2D eigenvalue weighted by molar-refractivity contribution is -0.218. The van der Waals surface area contributed by atoms with Crippen LogP contribution in [0, 0.1) is 5.82 Å². The average Bonchev–Trinajstić information content (AvgIpc) is 2.20. The summed E-state index contributed by atoms with van der Waals surface area (Å²) < 4.78 is 59.7. The van der Waals surface area contributed by atoms with Crippen molar-refractivity contribution in [3.63, 3.8) is 0 Å². The Morgan fingerprint density at radius 3 is 2.35 bits per heavy atom. The highest BCUT2D eigenvalue weighted by molar-refractivity contribution is 5.49. The summed E-state index contributed by atoms with van der Waals surface area (Å²) in [5, 5.41) is 0. The van der Waals surface area contributed by atoms with E-state index in [1.165, 1.54) is 0 Å². The quantitative estimate of drug-likeness (QED) is 0.839. The van der Waals surface area contributed by atoms with E-state index in [4.69, 9.17) is 5.73 Å². The number of hydrogen-bond donors (Lipinski definition) is 1. The van der Waals surface area contributed by atoms with E-state index in [1.54, 1.807) is 0 Å². The van der Waals surface area contributed by atoms with Crippen molar-refractivity contribution < 1.29 is 27.0 Å². The van der Waals surface area contributed by atoms with E-state index in [9.17, 15) is 17.6 Å². The second kappa shape index (κ2) is 4.74. The predicted octanol–water partition coefficient (Wildman–Crippen LogP) is 2.06. The molecular formula is C9H10F4N2O2. The van der Waals surface area contributed by atoms with Crippen LogP contribution < -0.4 is 10.5 Å². The maximum absolute atomic E-state index is 13.4. The first-order chi connectivity index (χ1) is 7.81. The molecular weight excluding hydrogens is 244 g/mol. The van der Waals surface area contributed by atoms with Crippen LogP contribution in [0.25, 0.3) is 0 Å². The van der Waals surface area contributed by atoms with Gasteiger partial charge in [-0.3, -0.25) is 0 Å². The van der Waals surface area contributed by atoms with Crippen LogP contribution in [-0.2, 0) is 4.74 Å². The number of methoxy groups -OCH3 is 2. The van der Waals surface area contributed by atoms with Gasteiger partial charge in [0.05, 0.1) is 12.8 Å². The number of rotatable bonds is 3. The fourth-order valence-electron chi connectivity index (χ4n) is 1.25. The molecule has 0 aliphatic rings. The first kappa shape index (κ1) is 13.5. The highest BCUT2D eigenvalue weighted by Crippen LogP contribution is 2.37. The van der Waals surface area contributed by atoms with Gasteiger partial charge in [-0.2, -0.15) is 13.2 Å². The number of halogens is 4. The molecule has 0 aromatic carbocycles. The number of nitrogen functional groups attached to an aromatic ring is 1. The molecule has 2 N–H and O–H groups in total. The monoisotopic (exact) mass is 254 g/mol. The summed E-state index contributed by atoms with van der Waals surface area (Å²) in [6.07, 6.45) is -7.24. The lowest BCUT2D eigenvalue weighted by atomic mass is 10.2. The van der Waals surface area contributed by atoms with Gasteiger partial charge in [0.15, 0.2) is 6.10 Å². The highest BCUT2D eigenvalue weighted by atomic mass is 19.4. The van der Waals surface area contributed by atoms with Gasteiger partial charge in [0.25, 0.3) is 0 Å². The number of hydrogen-bond acceptors (Lipinski definition) is 4. The molecule has 0 saturated carbocycles. The Bertz CT molecular complexity index is 409. The largest absolute Gasteiger partial charge is 0.480 e. The van der Waals surface area contributed by atoms with Crippen LogP contribution in [0.3, 0.4) is 0 Å². The average molecular weight is 254 g/mol. The minimum atomic E-state index is -4.77. The lowest BCUT2D eigenvalue weighted by Gasteiger charge is -2.19. The van der Waals surface area contributed by atoms with Gasteiger partial charge in [0, 0.05) is 13.2 Å². The van der Waals surface area contributed by atoms with Crippen molar-refractivity contribution in [3.8, 4) is 5.88 Å². The minimum Gasteiger partial charge on any atom is -0.480 e. The third-order valence-corrected chi connectivity index (χ3v) is 1.97. The second-order valence-corrected chi connectivity index (χ2v) is 3.11. The Morgan fingerprint density at radius 2 is 1.94 bits per heavy atom. The van der Waals surface area contributed by atoms with Crippen molar-refractivity contribution in [2.24, 2.45) is 0 Å². The first-order valence-corrected chi connectivity index (χ1v) is 4.40. The maximum atomic E-state index is 13.4. The molecule has 8 heteroatoms. The van der Waals surface area contributed by atoms with Gasteiger partial charge in [-0.15, -0.1) is 0 Å².